The second-order valence-electron chi connectivity index (χ2n) is 5.27. The molecule has 0 bridgehead atoms. The molecule has 1 aliphatic rings. The Balaban J connectivity index is 1.62. The van der Waals surface area contributed by atoms with Crippen molar-refractivity contribution in [3.63, 3.8) is 0 Å². The predicted octanol–water partition coefficient (Wildman–Crippen LogP) is 1.41. The molecule has 1 N–H and O–H groups in total. The molecule has 0 spiro atoms. The molecule has 3 amide bonds. The Morgan fingerprint density at radius 1 is 1.23 bits per heavy atom. The highest BCUT2D eigenvalue weighted by molar-refractivity contribution is 6.02. The second kappa shape index (κ2) is 7.68. The van der Waals surface area contributed by atoms with Gasteiger partial charge in [-0.05, 0) is 30.5 Å². The van der Waals surface area contributed by atoms with Gasteiger partial charge in [0.05, 0.1) is 0 Å². The van der Waals surface area contributed by atoms with E-state index in [9.17, 15) is 18.8 Å². The first-order valence-electron chi connectivity index (χ1n) is 7.40. The summed E-state index contributed by atoms with van der Waals surface area (Å²) in [6, 6.07) is 6.38. The summed E-state index contributed by atoms with van der Waals surface area (Å²) in [7, 11) is 0. The highest BCUT2D eigenvalue weighted by Gasteiger charge is 2.28. The number of amides is 3. The Morgan fingerprint density at radius 2 is 1.95 bits per heavy atom. The second-order valence-corrected chi connectivity index (χ2v) is 5.27. The van der Waals surface area contributed by atoms with E-state index in [1.165, 1.54) is 12.1 Å². The van der Waals surface area contributed by atoms with Crippen molar-refractivity contribution in [3.8, 4) is 0 Å². The zero-order valence-corrected chi connectivity index (χ0v) is 12.3. The molecule has 5 nitrogen and oxygen atoms in total. The lowest BCUT2D eigenvalue weighted by Gasteiger charge is -2.13. The third-order valence-corrected chi connectivity index (χ3v) is 3.57. The topological polar surface area (TPSA) is 66.5 Å². The largest absolute Gasteiger partial charge is 0.356 e. The normalized spacial score (nSPS) is 14.5. The van der Waals surface area contributed by atoms with E-state index in [0.29, 0.717) is 19.4 Å². The molecule has 1 aromatic carbocycles. The minimum absolute atomic E-state index is 0.122. The number of benzene rings is 1. The zero-order valence-electron chi connectivity index (χ0n) is 12.3. The first-order valence-corrected chi connectivity index (χ1v) is 7.40. The van der Waals surface area contributed by atoms with E-state index in [1.54, 1.807) is 6.07 Å². The molecule has 0 atom stereocenters. The van der Waals surface area contributed by atoms with Crippen LogP contribution in [0.4, 0.5) is 4.39 Å². The van der Waals surface area contributed by atoms with Crippen molar-refractivity contribution < 1.29 is 18.8 Å². The Hall–Kier alpha value is -2.24. The fourth-order valence-electron chi connectivity index (χ4n) is 2.39. The minimum Gasteiger partial charge on any atom is -0.356 e. The van der Waals surface area contributed by atoms with Crippen LogP contribution in [0.15, 0.2) is 24.3 Å². The molecular formula is C16H19FN2O3. The molecule has 1 aliphatic heterocycles. The number of halogens is 1. The van der Waals surface area contributed by atoms with Crippen molar-refractivity contribution in [2.45, 2.75) is 32.1 Å². The van der Waals surface area contributed by atoms with Gasteiger partial charge in [0.15, 0.2) is 0 Å². The van der Waals surface area contributed by atoms with Gasteiger partial charge < -0.3 is 5.32 Å². The van der Waals surface area contributed by atoms with Crippen LogP contribution in [-0.2, 0) is 20.8 Å². The lowest BCUT2D eigenvalue weighted by atomic mass is 10.1. The maximum atomic E-state index is 13.0. The Morgan fingerprint density at radius 3 is 2.64 bits per heavy atom. The van der Waals surface area contributed by atoms with Crippen molar-refractivity contribution in [1.29, 1.82) is 0 Å². The summed E-state index contributed by atoms with van der Waals surface area (Å²) in [5, 5.41) is 2.74. The summed E-state index contributed by atoms with van der Waals surface area (Å²) in [5.41, 5.74) is 0.891. The van der Waals surface area contributed by atoms with Gasteiger partial charge in [-0.1, -0.05) is 12.1 Å². The van der Waals surface area contributed by atoms with Crippen LogP contribution < -0.4 is 5.32 Å². The molecule has 0 aliphatic carbocycles. The van der Waals surface area contributed by atoms with Gasteiger partial charge in [0, 0.05) is 32.4 Å². The third-order valence-electron chi connectivity index (χ3n) is 3.57. The van der Waals surface area contributed by atoms with Crippen LogP contribution in [0, 0.1) is 5.82 Å². The van der Waals surface area contributed by atoms with Gasteiger partial charge in [0.1, 0.15) is 5.82 Å². The molecule has 0 aromatic heterocycles. The first-order chi connectivity index (χ1) is 10.6. The Labute approximate surface area is 128 Å². The van der Waals surface area contributed by atoms with E-state index in [4.69, 9.17) is 0 Å². The lowest BCUT2D eigenvalue weighted by Crippen LogP contribution is -2.34. The van der Waals surface area contributed by atoms with Crippen LogP contribution >= 0.6 is 0 Å². The van der Waals surface area contributed by atoms with Gasteiger partial charge in [0.25, 0.3) is 0 Å². The number of hydrogen-bond acceptors (Lipinski definition) is 3. The smallest absolute Gasteiger partial charge is 0.229 e. The fourth-order valence-corrected chi connectivity index (χ4v) is 2.39. The molecule has 1 fully saturated rings. The number of carbonyl (C=O) groups is 3. The number of nitrogens with zero attached hydrogens (tertiary/aromatic N) is 1. The van der Waals surface area contributed by atoms with Crippen LogP contribution in [0.5, 0.6) is 0 Å². The van der Waals surface area contributed by atoms with Gasteiger partial charge in [-0.15, -0.1) is 0 Å². The van der Waals surface area contributed by atoms with E-state index in [2.05, 4.69) is 5.32 Å². The van der Waals surface area contributed by atoms with Crippen LogP contribution in [-0.4, -0.2) is 35.7 Å². The maximum absolute atomic E-state index is 13.0. The summed E-state index contributed by atoms with van der Waals surface area (Å²) in [6.45, 7) is 0.630. The number of hydrogen-bond donors (Lipinski definition) is 1. The SMILES string of the molecule is O=C(CCN1C(=O)CCC1=O)NCCCc1cccc(F)c1. The van der Waals surface area contributed by atoms with E-state index in [0.717, 1.165) is 10.5 Å². The van der Waals surface area contributed by atoms with Crippen molar-refractivity contribution in [3.05, 3.63) is 35.6 Å². The van der Waals surface area contributed by atoms with E-state index < -0.39 is 0 Å². The Kier molecular flexibility index (Phi) is 5.63. The van der Waals surface area contributed by atoms with Gasteiger partial charge in [-0.2, -0.15) is 0 Å². The number of carbonyl (C=O) groups excluding carboxylic acids is 3. The van der Waals surface area contributed by atoms with Crippen LogP contribution in [0.3, 0.4) is 0 Å². The predicted molar refractivity (Wildman–Crippen MR) is 78.3 cm³/mol. The molecule has 1 saturated heterocycles. The summed E-state index contributed by atoms with van der Waals surface area (Å²) in [6.07, 6.45) is 2.00. The van der Waals surface area contributed by atoms with E-state index in [-0.39, 0.29) is 49.3 Å². The monoisotopic (exact) mass is 306 g/mol. The van der Waals surface area contributed by atoms with Crippen LogP contribution in [0.2, 0.25) is 0 Å². The first kappa shape index (κ1) is 16.1. The molecule has 22 heavy (non-hydrogen) atoms. The van der Waals surface area contributed by atoms with Crippen LogP contribution in [0.1, 0.15) is 31.2 Å². The van der Waals surface area contributed by atoms with Crippen molar-refractivity contribution in [2.24, 2.45) is 0 Å². The van der Waals surface area contributed by atoms with Gasteiger partial charge >= 0.3 is 0 Å². The average molecular weight is 306 g/mol. The minimum atomic E-state index is -0.263. The lowest BCUT2D eigenvalue weighted by molar-refractivity contribution is -0.138. The van der Waals surface area contributed by atoms with Gasteiger partial charge in [0.2, 0.25) is 17.7 Å². The summed E-state index contributed by atoms with van der Waals surface area (Å²) in [5.74, 6) is -0.860. The summed E-state index contributed by atoms with van der Waals surface area (Å²) < 4.78 is 13.0. The van der Waals surface area contributed by atoms with Gasteiger partial charge in [-0.25, -0.2) is 4.39 Å². The van der Waals surface area contributed by atoms with Crippen molar-refractivity contribution >= 4 is 17.7 Å². The number of likely N-dealkylation sites (tertiary alicyclic amines) is 1. The molecule has 1 heterocycles. The van der Waals surface area contributed by atoms with Crippen LogP contribution in [0.25, 0.3) is 0 Å². The molecule has 1 aromatic rings. The quantitative estimate of drug-likeness (QED) is 0.612. The average Bonchev–Trinajstić information content (AvgIpc) is 2.80. The summed E-state index contributed by atoms with van der Waals surface area (Å²) in [4.78, 5) is 35.6. The highest BCUT2D eigenvalue weighted by Crippen LogP contribution is 2.11. The molecule has 6 heteroatoms. The summed E-state index contributed by atoms with van der Waals surface area (Å²) >= 11 is 0. The van der Waals surface area contributed by atoms with E-state index >= 15 is 0 Å². The molecule has 118 valence electrons. The number of aryl methyl sites for hydroxylation is 1. The fraction of sp³-hybridized carbons (Fsp3) is 0.438. The Bertz CT molecular complexity index is 558. The molecule has 0 saturated carbocycles. The highest BCUT2D eigenvalue weighted by atomic mass is 19.1. The third kappa shape index (κ3) is 4.65. The molecular weight excluding hydrogens is 287 g/mol. The van der Waals surface area contributed by atoms with Gasteiger partial charge in [-0.3, -0.25) is 19.3 Å². The molecule has 2 rings (SSSR count). The standard InChI is InChI=1S/C16H19FN2O3/c17-13-5-1-3-12(11-13)4-2-9-18-14(20)8-10-19-15(21)6-7-16(19)22/h1,3,5,11H,2,4,6-10H2,(H,18,20). The number of rotatable bonds is 7. The van der Waals surface area contributed by atoms with E-state index in [1.807, 2.05) is 6.07 Å². The number of imide groups is 1. The van der Waals surface area contributed by atoms with Crippen molar-refractivity contribution in [2.75, 3.05) is 13.1 Å². The molecule has 0 radical (unpaired) electrons. The zero-order chi connectivity index (χ0) is 15.9. The number of nitrogens with one attached hydrogen (secondary N) is 1. The van der Waals surface area contributed by atoms with Crippen molar-refractivity contribution in [1.82, 2.24) is 10.2 Å². The maximum Gasteiger partial charge on any atom is 0.229 e. The molecule has 0 unspecified atom stereocenters.